The smallest absolute Gasteiger partial charge is 0.261 e. The number of rotatable bonds is 6. The molecule has 1 amide bonds. The van der Waals surface area contributed by atoms with E-state index < -0.39 is 0 Å². The second-order valence-corrected chi connectivity index (χ2v) is 6.99. The fraction of sp³-hybridized carbons (Fsp3) is 0.381. The number of benzene rings is 2. The number of methoxy groups -OCH3 is 2. The van der Waals surface area contributed by atoms with Gasteiger partial charge in [-0.1, -0.05) is 11.6 Å². The number of hydrogen-bond acceptors (Lipinski definition) is 4. The summed E-state index contributed by atoms with van der Waals surface area (Å²) in [5.41, 5.74) is 1.87. The highest BCUT2D eigenvalue weighted by molar-refractivity contribution is 6.30. The lowest BCUT2D eigenvalue weighted by Crippen LogP contribution is -2.34. The van der Waals surface area contributed by atoms with E-state index in [9.17, 15) is 4.79 Å². The first-order valence-corrected chi connectivity index (χ1v) is 9.31. The first-order valence-electron chi connectivity index (χ1n) is 8.94. The van der Waals surface area contributed by atoms with E-state index >= 15 is 0 Å². The summed E-state index contributed by atoms with van der Waals surface area (Å²) in [7, 11) is 3.27. The monoisotopic (exact) mass is 389 g/mol. The van der Waals surface area contributed by atoms with Crippen molar-refractivity contribution in [2.75, 3.05) is 27.4 Å². The van der Waals surface area contributed by atoms with E-state index in [2.05, 4.69) is 0 Å². The molecular formula is C21H24ClNO4. The molecule has 0 unspecified atom stereocenters. The number of aryl methyl sites for hydroxylation is 1. The van der Waals surface area contributed by atoms with Gasteiger partial charge in [0.25, 0.3) is 5.91 Å². The minimum absolute atomic E-state index is 0.00867. The molecule has 0 aromatic heterocycles. The van der Waals surface area contributed by atoms with Gasteiger partial charge in [-0.05, 0) is 61.7 Å². The van der Waals surface area contributed by atoms with Crippen LogP contribution in [0.4, 0.5) is 0 Å². The van der Waals surface area contributed by atoms with Crippen LogP contribution in [-0.2, 0) is 4.79 Å². The minimum atomic E-state index is -0.0447. The highest BCUT2D eigenvalue weighted by Crippen LogP contribution is 2.39. The van der Waals surface area contributed by atoms with Crippen molar-refractivity contribution in [3.05, 3.63) is 52.5 Å². The molecule has 0 aliphatic carbocycles. The molecule has 2 aromatic rings. The zero-order chi connectivity index (χ0) is 19.4. The fourth-order valence-electron chi connectivity index (χ4n) is 3.49. The zero-order valence-electron chi connectivity index (χ0n) is 15.8. The number of likely N-dealkylation sites (tertiary alicyclic amines) is 1. The number of halogens is 1. The lowest BCUT2D eigenvalue weighted by atomic mass is 10.0. The number of hydrogen-bond donors (Lipinski definition) is 0. The summed E-state index contributed by atoms with van der Waals surface area (Å²) in [4.78, 5) is 14.7. The standard InChI is InChI=1S/C21H24ClNO4/c1-14-11-15(22)6-8-19(14)27-13-21(24)23-10-4-5-18(23)17-12-16(25-2)7-9-20(17)26-3/h6-9,11-12,18H,4-5,10,13H2,1-3H3/t18-/m1/s1. The molecule has 0 radical (unpaired) electrons. The third kappa shape index (κ3) is 4.30. The van der Waals surface area contributed by atoms with E-state index in [1.54, 1.807) is 26.4 Å². The lowest BCUT2D eigenvalue weighted by molar-refractivity contribution is -0.134. The average Bonchev–Trinajstić information content (AvgIpc) is 3.16. The Hall–Kier alpha value is -2.40. The average molecular weight is 390 g/mol. The number of carbonyl (C=O) groups is 1. The van der Waals surface area contributed by atoms with Gasteiger partial charge in [0.1, 0.15) is 17.2 Å². The van der Waals surface area contributed by atoms with Crippen LogP contribution >= 0.6 is 11.6 Å². The molecule has 0 bridgehead atoms. The van der Waals surface area contributed by atoms with Gasteiger partial charge >= 0.3 is 0 Å². The molecule has 6 heteroatoms. The Morgan fingerprint density at radius 1 is 1.15 bits per heavy atom. The van der Waals surface area contributed by atoms with Crippen molar-refractivity contribution in [3.63, 3.8) is 0 Å². The molecule has 1 aliphatic rings. The Bertz CT molecular complexity index is 824. The third-order valence-corrected chi connectivity index (χ3v) is 5.09. The first-order chi connectivity index (χ1) is 13.0. The topological polar surface area (TPSA) is 48.0 Å². The SMILES string of the molecule is COc1ccc(OC)c([C@H]2CCCN2C(=O)COc2ccc(Cl)cc2C)c1. The second kappa shape index (κ2) is 8.53. The van der Waals surface area contributed by atoms with E-state index in [-0.39, 0.29) is 18.6 Å². The summed E-state index contributed by atoms with van der Waals surface area (Å²) >= 11 is 5.97. The molecule has 1 aliphatic heterocycles. The third-order valence-electron chi connectivity index (χ3n) is 4.86. The molecule has 0 spiro atoms. The predicted octanol–water partition coefficient (Wildman–Crippen LogP) is 4.41. The van der Waals surface area contributed by atoms with Crippen molar-refractivity contribution >= 4 is 17.5 Å². The number of ether oxygens (including phenoxy) is 3. The molecule has 3 rings (SSSR count). The predicted molar refractivity (Wildman–Crippen MR) is 105 cm³/mol. The number of nitrogens with zero attached hydrogens (tertiary/aromatic N) is 1. The summed E-state index contributed by atoms with van der Waals surface area (Å²) in [5, 5.41) is 0.649. The van der Waals surface area contributed by atoms with E-state index in [1.807, 2.05) is 36.1 Å². The van der Waals surface area contributed by atoms with Crippen LogP contribution in [0.3, 0.4) is 0 Å². The Labute approximate surface area is 164 Å². The molecule has 144 valence electrons. The van der Waals surface area contributed by atoms with Gasteiger partial charge < -0.3 is 19.1 Å². The molecule has 1 saturated heterocycles. The van der Waals surface area contributed by atoms with Crippen LogP contribution in [-0.4, -0.2) is 38.2 Å². The van der Waals surface area contributed by atoms with Gasteiger partial charge in [0.05, 0.1) is 20.3 Å². The fourth-order valence-corrected chi connectivity index (χ4v) is 3.71. The van der Waals surface area contributed by atoms with Gasteiger partial charge in [0, 0.05) is 17.1 Å². The van der Waals surface area contributed by atoms with E-state index in [0.717, 1.165) is 35.5 Å². The van der Waals surface area contributed by atoms with E-state index in [0.29, 0.717) is 17.3 Å². The Morgan fingerprint density at radius 2 is 1.93 bits per heavy atom. The van der Waals surface area contributed by atoms with Gasteiger partial charge in [0.2, 0.25) is 0 Å². The van der Waals surface area contributed by atoms with Crippen molar-refractivity contribution < 1.29 is 19.0 Å². The number of amides is 1. The second-order valence-electron chi connectivity index (χ2n) is 6.55. The van der Waals surface area contributed by atoms with Crippen molar-refractivity contribution in [1.82, 2.24) is 4.90 Å². The van der Waals surface area contributed by atoms with Crippen molar-refractivity contribution in [2.45, 2.75) is 25.8 Å². The van der Waals surface area contributed by atoms with Crippen molar-refractivity contribution in [3.8, 4) is 17.2 Å². The van der Waals surface area contributed by atoms with Gasteiger partial charge in [-0.2, -0.15) is 0 Å². The van der Waals surface area contributed by atoms with Crippen LogP contribution in [0.5, 0.6) is 17.2 Å². The molecular weight excluding hydrogens is 366 g/mol. The quantitative estimate of drug-likeness (QED) is 0.734. The van der Waals surface area contributed by atoms with E-state index in [1.165, 1.54) is 0 Å². The molecule has 5 nitrogen and oxygen atoms in total. The minimum Gasteiger partial charge on any atom is -0.497 e. The highest BCUT2D eigenvalue weighted by atomic mass is 35.5. The summed E-state index contributed by atoms with van der Waals surface area (Å²) in [6.07, 6.45) is 1.83. The van der Waals surface area contributed by atoms with Crippen LogP contribution in [0, 0.1) is 6.92 Å². The van der Waals surface area contributed by atoms with Crippen LogP contribution in [0.1, 0.15) is 30.0 Å². The van der Waals surface area contributed by atoms with Gasteiger partial charge in [0.15, 0.2) is 6.61 Å². The molecule has 2 aromatic carbocycles. The Morgan fingerprint density at radius 3 is 2.63 bits per heavy atom. The molecule has 1 fully saturated rings. The maximum absolute atomic E-state index is 12.8. The van der Waals surface area contributed by atoms with Gasteiger partial charge in [-0.25, -0.2) is 0 Å². The van der Waals surface area contributed by atoms with Crippen LogP contribution < -0.4 is 14.2 Å². The molecule has 1 atom stereocenters. The van der Waals surface area contributed by atoms with Gasteiger partial charge in [-0.15, -0.1) is 0 Å². The van der Waals surface area contributed by atoms with Crippen LogP contribution in [0.2, 0.25) is 5.02 Å². The molecule has 1 heterocycles. The van der Waals surface area contributed by atoms with Crippen LogP contribution in [0.25, 0.3) is 0 Å². The summed E-state index contributed by atoms with van der Waals surface area (Å²) in [6.45, 7) is 2.60. The largest absolute Gasteiger partial charge is 0.497 e. The maximum atomic E-state index is 12.8. The van der Waals surface area contributed by atoms with E-state index in [4.69, 9.17) is 25.8 Å². The molecule has 27 heavy (non-hydrogen) atoms. The zero-order valence-corrected chi connectivity index (χ0v) is 16.6. The lowest BCUT2D eigenvalue weighted by Gasteiger charge is -2.26. The van der Waals surface area contributed by atoms with Crippen molar-refractivity contribution in [1.29, 1.82) is 0 Å². The Kier molecular flexibility index (Phi) is 6.11. The Balaban J connectivity index is 1.75. The van der Waals surface area contributed by atoms with Gasteiger partial charge in [-0.3, -0.25) is 4.79 Å². The molecule has 0 N–H and O–H groups in total. The summed E-state index contributed by atoms with van der Waals surface area (Å²) in [6, 6.07) is 11.0. The van der Waals surface area contributed by atoms with Crippen molar-refractivity contribution in [2.24, 2.45) is 0 Å². The first kappa shape index (κ1) is 19.4. The maximum Gasteiger partial charge on any atom is 0.261 e. The number of carbonyl (C=O) groups excluding carboxylic acids is 1. The normalized spacial score (nSPS) is 16.3. The van der Waals surface area contributed by atoms with Crippen LogP contribution in [0.15, 0.2) is 36.4 Å². The highest BCUT2D eigenvalue weighted by Gasteiger charge is 2.32. The summed E-state index contributed by atoms with van der Waals surface area (Å²) < 4.78 is 16.6. The summed E-state index contributed by atoms with van der Waals surface area (Å²) in [5.74, 6) is 2.13. The molecule has 0 saturated carbocycles.